The summed E-state index contributed by atoms with van der Waals surface area (Å²) >= 11 is 0. The van der Waals surface area contributed by atoms with Crippen molar-refractivity contribution < 1.29 is 9.90 Å². The molecule has 0 spiro atoms. The Morgan fingerprint density at radius 1 is 1.37 bits per heavy atom. The van der Waals surface area contributed by atoms with Crippen molar-refractivity contribution in [1.82, 2.24) is 0 Å². The van der Waals surface area contributed by atoms with E-state index in [0.29, 0.717) is 29.1 Å². The second kappa shape index (κ2) is 5.11. The van der Waals surface area contributed by atoms with Crippen molar-refractivity contribution in [3.63, 3.8) is 0 Å². The molecule has 3 N–H and O–H groups in total. The van der Waals surface area contributed by atoms with Gasteiger partial charge in [-0.1, -0.05) is 13.8 Å². The molecule has 19 heavy (non-hydrogen) atoms. The molecule has 0 bridgehead atoms. The molecule has 1 aromatic carbocycles. The fraction of sp³-hybridized carbons (Fsp3) is 0.533. The lowest BCUT2D eigenvalue weighted by Crippen LogP contribution is -2.46. The van der Waals surface area contributed by atoms with Crippen LogP contribution in [-0.4, -0.2) is 23.7 Å². The van der Waals surface area contributed by atoms with Crippen LogP contribution < -0.4 is 10.6 Å². The molecule has 3 atom stereocenters. The zero-order valence-corrected chi connectivity index (χ0v) is 11.8. The number of carboxylic acids is 1. The van der Waals surface area contributed by atoms with Crippen LogP contribution in [0.25, 0.3) is 0 Å². The van der Waals surface area contributed by atoms with Crippen LogP contribution in [0.5, 0.6) is 0 Å². The molecule has 0 saturated carbocycles. The number of carboxylic acid groups (broad SMARTS) is 1. The number of piperidine rings is 1. The Kier molecular flexibility index (Phi) is 3.69. The first-order chi connectivity index (χ1) is 8.90. The number of nitrogen functional groups attached to an aromatic ring is 1. The van der Waals surface area contributed by atoms with Crippen molar-refractivity contribution >= 4 is 17.3 Å². The minimum atomic E-state index is -0.910. The van der Waals surface area contributed by atoms with E-state index >= 15 is 0 Å². The van der Waals surface area contributed by atoms with Gasteiger partial charge in [-0.3, -0.25) is 0 Å². The summed E-state index contributed by atoms with van der Waals surface area (Å²) in [6.07, 6.45) is 1.20. The third kappa shape index (κ3) is 2.67. The zero-order chi connectivity index (χ0) is 14.2. The van der Waals surface area contributed by atoms with Crippen LogP contribution in [0.2, 0.25) is 0 Å². The topological polar surface area (TPSA) is 66.6 Å². The van der Waals surface area contributed by atoms with E-state index in [0.717, 1.165) is 12.2 Å². The smallest absolute Gasteiger partial charge is 0.335 e. The monoisotopic (exact) mass is 262 g/mol. The van der Waals surface area contributed by atoms with Crippen molar-refractivity contribution in [2.24, 2.45) is 11.8 Å². The van der Waals surface area contributed by atoms with Crippen LogP contribution in [0.3, 0.4) is 0 Å². The van der Waals surface area contributed by atoms with Crippen molar-refractivity contribution in [2.75, 3.05) is 17.2 Å². The highest BCUT2D eigenvalue weighted by Gasteiger charge is 2.30. The molecule has 3 unspecified atom stereocenters. The summed E-state index contributed by atoms with van der Waals surface area (Å²) in [5.74, 6) is 0.266. The molecule has 0 aromatic heterocycles. The summed E-state index contributed by atoms with van der Waals surface area (Å²) in [6, 6.07) is 5.32. The lowest BCUT2D eigenvalue weighted by molar-refractivity contribution is 0.0697. The minimum absolute atomic E-state index is 0.294. The maximum Gasteiger partial charge on any atom is 0.335 e. The first-order valence-corrected chi connectivity index (χ1v) is 6.79. The highest BCUT2D eigenvalue weighted by molar-refractivity contribution is 5.90. The normalized spacial score (nSPS) is 27.3. The van der Waals surface area contributed by atoms with E-state index in [9.17, 15) is 4.79 Å². The van der Waals surface area contributed by atoms with E-state index in [2.05, 4.69) is 25.7 Å². The maximum atomic E-state index is 11.1. The quantitative estimate of drug-likeness (QED) is 0.804. The van der Waals surface area contributed by atoms with Gasteiger partial charge < -0.3 is 15.7 Å². The van der Waals surface area contributed by atoms with Gasteiger partial charge in [-0.15, -0.1) is 0 Å². The summed E-state index contributed by atoms with van der Waals surface area (Å²) in [6.45, 7) is 7.58. The fourth-order valence-corrected chi connectivity index (χ4v) is 2.96. The van der Waals surface area contributed by atoms with E-state index < -0.39 is 5.97 Å². The SMILES string of the molecule is CC1CC(C)C(C)N(c2cc(C(=O)O)ccc2N)C1. The molecule has 0 radical (unpaired) electrons. The number of benzene rings is 1. The summed E-state index contributed by atoms with van der Waals surface area (Å²) in [5, 5.41) is 9.11. The molecule has 2 rings (SSSR count). The number of hydrogen-bond donors (Lipinski definition) is 2. The second-order valence-corrected chi connectivity index (χ2v) is 5.79. The first kappa shape index (κ1) is 13.7. The van der Waals surface area contributed by atoms with Crippen LogP contribution in [0, 0.1) is 11.8 Å². The van der Waals surface area contributed by atoms with Crippen LogP contribution >= 0.6 is 0 Å². The van der Waals surface area contributed by atoms with Crippen molar-refractivity contribution in [1.29, 1.82) is 0 Å². The van der Waals surface area contributed by atoms with Gasteiger partial charge in [0.15, 0.2) is 0 Å². The lowest BCUT2D eigenvalue weighted by atomic mass is 9.85. The predicted molar refractivity (Wildman–Crippen MR) is 77.6 cm³/mol. The Morgan fingerprint density at radius 2 is 2.05 bits per heavy atom. The van der Waals surface area contributed by atoms with Gasteiger partial charge in [-0.2, -0.15) is 0 Å². The van der Waals surface area contributed by atoms with Gasteiger partial charge in [-0.25, -0.2) is 4.79 Å². The first-order valence-electron chi connectivity index (χ1n) is 6.79. The predicted octanol–water partition coefficient (Wildman–Crippen LogP) is 2.84. The van der Waals surface area contributed by atoms with E-state index in [1.54, 1.807) is 18.2 Å². The molecule has 0 aliphatic carbocycles. The third-order valence-corrected chi connectivity index (χ3v) is 4.18. The van der Waals surface area contributed by atoms with Gasteiger partial charge in [0.1, 0.15) is 0 Å². The lowest BCUT2D eigenvalue weighted by Gasteiger charge is -2.43. The molecule has 104 valence electrons. The van der Waals surface area contributed by atoms with Gasteiger partial charge in [0.05, 0.1) is 16.9 Å². The number of hydrogen-bond acceptors (Lipinski definition) is 3. The van der Waals surface area contributed by atoms with Gasteiger partial charge in [0, 0.05) is 12.6 Å². The van der Waals surface area contributed by atoms with Crippen molar-refractivity contribution in [3.8, 4) is 0 Å². The Morgan fingerprint density at radius 3 is 2.68 bits per heavy atom. The number of anilines is 2. The van der Waals surface area contributed by atoms with Crippen LogP contribution in [0.4, 0.5) is 11.4 Å². The van der Waals surface area contributed by atoms with Gasteiger partial charge in [0.25, 0.3) is 0 Å². The third-order valence-electron chi connectivity index (χ3n) is 4.18. The highest BCUT2D eigenvalue weighted by atomic mass is 16.4. The Balaban J connectivity index is 2.39. The van der Waals surface area contributed by atoms with E-state index in [1.165, 1.54) is 6.42 Å². The Bertz CT molecular complexity index is 487. The number of aromatic carboxylic acids is 1. The van der Waals surface area contributed by atoms with Crippen molar-refractivity contribution in [3.05, 3.63) is 23.8 Å². The van der Waals surface area contributed by atoms with E-state index in [4.69, 9.17) is 10.8 Å². The van der Waals surface area contributed by atoms with Gasteiger partial charge in [-0.05, 0) is 43.4 Å². The molecule has 4 nitrogen and oxygen atoms in total. The number of nitrogens with two attached hydrogens (primary N) is 1. The molecule has 1 aliphatic heterocycles. The van der Waals surface area contributed by atoms with Crippen LogP contribution in [-0.2, 0) is 0 Å². The molecule has 4 heteroatoms. The molecule has 1 aromatic rings. The molecule has 1 fully saturated rings. The summed E-state index contributed by atoms with van der Waals surface area (Å²) in [4.78, 5) is 13.3. The number of carbonyl (C=O) groups is 1. The molecular weight excluding hydrogens is 240 g/mol. The number of nitrogens with zero attached hydrogens (tertiary/aromatic N) is 1. The van der Waals surface area contributed by atoms with E-state index in [-0.39, 0.29) is 0 Å². The van der Waals surface area contributed by atoms with Crippen LogP contribution in [0.1, 0.15) is 37.6 Å². The molecule has 0 amide bonds. The largest absolute Gasteiger partial charge is 0.478 e. The zero-order valence-electron chi connectivity index (χ0n) is 11.8. The summed E-state index contributed by atoms with van der Waals surface area (Å²) < 4.78 is 0. The Labute approximate surface area is 114 Å². The average Bonchev–Trinajstić information content (AvgIpc) is 2.34. The fourth-order valence-electron chi connectivity index (χ4n) is 2.96. The van der Waals surface area contributed by atoms with Gasteiger partial charge in [0.2, 0.25) is 0 Å². The molecule has 1 aliphatic rings. The van der Waals surface area contributed by atoms with Crippen molar-refractivity contribution in [2.45, 2.75) is 33.2 Å². The minimum Gasteiger partial charge on any atom is -0.478 e. The van der Waals surface area contributed by atoms with Crippen LogP contribution in [0.15, 0.2) is 18.2 Å². The second-order valence-electron chi connectivity index (χ2n) is 5.79. The van der Waals surface area contributed by atoms with Gasteiger partial charge >= 0.3 is 5.97 Å². The average molecular weight is 262 g/mol. The highest BCUT2D eigenvalue weighted by Crippen LogP contribution is 2.34. The maximum absolute atomic E-state index is 11.1. The standard InChI is InChI=1S/C15H22N2O2/c1-9-6-10(2)11(3)17(8-9)14-7-12(15(18)19)4-5-13(14)16/h4-5,7,9-11H,6,8,16H2,1-3H3,(H,18,19). The summed E-state index contributed by atoms with van der Waals surface area (Å²) in [5.41, 5.74) is 7.84. The summed E-state index contributed by atoms with van der Waals surface area (Å²) in [7, 11) is 0. The number of rotatable bonds is 2. The van der Waals surface area contributed by atoms with E-state index in [1.807, 2.05) is 0 Å². The molecule has 1 saturated heterocycles. The molecular formula is C15H22N2O2. The Hall–Kier alpha value is -1.71. The molecule has 1 heterocycles.